The lowest BCUT2D eigenvalue weighted by Crippen LogP contribution is -2.36. The number of carboxylic acids is 1. The average Bonchev–Trinajstić information content (AvgIpc) is 2.62. The van der Waals surface area contributed by atoms with E-state index in [1.54, 1.807) is 11.8 Å². The normalized spacial score (nSPS) is 12.0. The van der Waals surface area contributed by atoms with Crippen LogP contribution in [0, 0.1) is 5.92 Å². The summed E-state index contributed by atoms with van der Waals surface area (Å²) in [6, 6.07) is 14.3. The van der Waals surface area contributed by atoms with E-state index >= 15 is 0 Å². The van der Waals surface area contributed by atoms with E-state index in [-0.39, 0.29) is 18.4 Å². The number of hydrogen-bond donors (Lipinski definition) is 2. The number of carbonyl (C=O) groups is 2. The summed E-state index contributed by atoms with van der Waals surface area (Å²) >= 11 is 1.76. The Balaban J connectivity index is 2.12. The monoisotopic (exact) mass is 359 g/mol. The molecule has 0 spiro atoms. The first-order valence-corrected chi connectivity index (χ1v) is 9.81. The van der Waals surface area contributed by atoms with Gasteiger partial charge >= 0.3 is 5.97 Å². The molecule has 25 heavy (non-hydrogen) atoms. The van der Waals surface area contributed by atoms with E-state index in [0.29, 0.717) is 12.2 Å². The van der Waals surface area contributed by atoms with Gasteiger partial charge in [0.05, 0.1) is 5.92 Å². The van der Waals surface area contributed by atoms with E-state index < -0.39 is 5.97 Å². The second-order valence-electron chi connectivity index (χ2n) is 6.08. The van der Waals surface area contributed by atoms with Crippen molar-refractivity contribution in [2.24, 2.45) is 5.92 Å². The lowest BCUT2D eigenvalue weighted by molar-refractivity contribution is -0.138. The van der Waals surface area contributed by atoms with Crippen LogP contribution in [0.5, 0.6) is 0 Å². The Kier molecular flexibility index (Phi) is 7.79. The summed E-state index contributed by atoms with van der Waals surface area (Å²) in [5.41, 5.74) is 1.13. The molecular formula is C20H25NO3S. The van der Waals surface area contributed by atoms with Gasteiger partial charge < -0.3 is 10.4 Å². The topological polar surface area (TPSA) is 66.4 Å². The van der Waals surface area contributed by atoms with Crippen molar-refractivity contribution in [2.45, 2.75) is 26.2 Å². The van der Waals surface area contributed by atoms with E-state index in [1.165, 1.54) is 0 Å². The zero-order valence-electron chi connectivity index (χ0n) is 14.5. The second kappa shape index (κ2) is 10.1. The van der Waals surface area contributed by atoms with E-state index in [2.05, 4.69) is 36.5 Å². The number of nitrogens with one attached hydrogen (secondary N) is 1. The van der Waals surface area contributed by atoms with Crippen LogP contribution >= 0.6 is 11.8 Å². The molecule has 0 radical (unpaired) electrons. The van der Waals surface area contributed by atoms with Crippen molar-refractivity contribution in [3.8, 4) is 0 Å². The highest BCUT2D eigenvalue weighted by atomic mass is 32.2. The van der Waals surface area contributed by atoms with Crippen molar-refractivity contribution in [1.29, 1.82) is 0 Å². The Hall–Kier alpha value is -2.01. The van der Waals surface area contributed by atoms with Crippen LogP contribution in [0.25, 0.3) is 10.8 Å². The second-order valence-corrected chi connectivity index (χ2v) is 7.23. The lowest BCUT2D eigenvalue weighted by Gasteiger charge is -2.17. The minimum atomic E-state index is -1.02. The summed E-state index contributed by atoms with van der Waals surface area (Å²) in [6.07, 6.45) is 2.88. The van der Waals surface area contributed by atoms with Crippen molar-refractivity contribution < 1.29 is 14.7 Å². The zero-order valence-corrected chi connectivity index (χ0v) is 15.3. The number of carboxylic acid groups (broad SMARTS) is 1. The van der Waals surface area contributed by atoms with Gasteiger partial charge in [0.25, 0.3) is 0 Å². The molecule has 0 heterocycles. The third kappa shape index (κ3) is 6.09. The first-order valence-electron chi connectivity index (χ1n) is 8.65. The van der Waals surface area contributed by atoms with Gasteiger partial charge in [-0.3, -0.25) is 9.59 Å². The molecule has 1 amide bonds. The summed E-state index contributed by atoms with van der Waals surface area (Å²) in [6.45, 7) is 1.82. The Bertz CT molecular complexity index is 712. The number of rotatable bonds is 10. The van der Waals surface area contributed by atoms with Gasteiger partial charge in [0, 0.05) is 5.75 Å². The molecule has 0 fully saturated rings. The summed E-state index contributed by atoms with van der Waals surface area (Å²) in [5.74, 6) is 0.297. The molecule has 0 aliphatic rings. The summed E-state index contributed by atoms with van der Waals surface area (Å²) in [7, 11) is 0. The van der Waals surface area contributed by atoms with Crippen molar-refractivity contribution in [3.05, 3.63) is 48.0 Å². The third-order valence-corrected chi connectivity index (χ3v) is 5.31. The molecule has 0 saturated heterocycles. The Morgan fingerprint density at radius 2 is 1.92 bits per heavy atom. The van der Waals surface area contributed by atoms with Crippen molar-refractivity contribution in [2.75, 3.05) is 18.1 Å². The molecule has 0 saturated carbocycles. The minimum absolute atomic E-state index is 0.181. The van der Waals surface area contributed by atoms with Crippen LogP contribution < -0.4 is 5.32 Å². The first-order chi connectivity index (χ1) is 12.1. The fourth-order valence-corrected chi connectivity index (χ4v) is 3.96. The fraction of sp³-hybridized carbons (Fsp3) is 0.400. The molecule has 0 aromatic heterocycles. The van der Waals surface area contributed by atoms with Crippen LogP contribution in [0.15, 0.2) is 42.5 Å². The van der Waals surface area contributed by atoms with Crippen LogP contribution in [0.4, 0.5) is 0 Å². The van der Waals surface area contributed by atoms with Crippen LogP contribution in [0.1, 0.15) is 25.3 Å². The predicted octanol–water partition coefficient (Wildman–Crippen LogP) is 3.73. The summed E-state index contributed by atoms with van der Waals surface area (Å²) in [5, 5.41) is 13.6. The van der Waals surface area contributed by atoms with E-state index in [1.807, 2.05) is 18.2 Å². The number of unbranched alkanes of at least 4 members (excludes halogenated alkanes) is 1. The van der Waals surface area contributed by atoms with Crippen molar-refractivity contribution >= 4 is 34.4 Å². The van der Waals surface area contributed by atoms with Gasteiger partial charge in [0.1, 0.15) is 6.54 Å². The number of carbonyl (C=O) groups excluding carboxylic acids is 1. The van der Waals surface area contributed by atoms with Gasteiger partial charge in [-0.1, -0.05) is 55.8 Å². The highest BCUT2D eigenvalue weighted by Gasteiger charge is 2.20. The minimum Gasteiger partial charge on any atom is -0.480 e. The van der Waals surface area contributed by atoms with Gasteiger partial charge in [-0.2, -0.15) is 11.8 Å². The molecule has 5 heteroatoms. The molecule has 2 aromatic rings. The molecule has 0 aliphatic heterocycles. The lowest BCUT2D eigenvalue weighted by atomic mass is 9.95. The quantitative estimate of drug-likeness (QED) is 0.634. The molecule has 2 N–H and O–H groups in total. The summed E-state index contributed by atoms with van der Waals surface area (Å²) < 4.78 is 0. The highest BCUT2D eigenvalue weighted by molar-refractivity contribution is 7.99. The molecule has 0 bridgehead atoms. The average molecular weight is 359 g/mol. The van der Waals surface area contributed by atoms with Gasteiger partial charge in [0.2, 0.25) is 5.91 Å². The van der Waals surface area contributed by atoms with Gasteiger partial charge in [-0.15, -0.1) is 0 Å². The highest BCUT2D eigenvalue weighted by Crippen LogP contribution is 2.23. The van der Waals surface area contributed by atoms with E-state index in [9.17, 15) is 9.59 Å². The molecule has 4 nitrogen and oxygen atoms in total. The van der Waals surface area contributed by atoms with Crippen molar-refractivity contribution in [1.82, 2.24) is 5.32 Å². The Morgan fingerprint density at radius 3 is 2.68 bits per heavy atom. The third-order valence-electron chi connectivity index (χ3n) is 4.09. The van der Waals surface area contributed by atoms with Crippen LogP contribution in [-0.2, 0) is 16.0 Å². The maximum Gasteiger partial charge on any atom is 0.322 e. The molecule has 2 rings (SSSR count). The van der Waals surface area contributed by atoms with Crippen molar-refractivity contribution in [3.63, 3.8) is 0 Å². The van der Waals surface area contributed by atoms with E-state index in [4.69, 9.17) is 5.11 Å². The number of benzene rings is 2. The van der Waals surface area contributed by atoms with E-state index in [0.717, 1.165) is 34.9 Å². The summed E-state index contributed by atoms with van der Waals surface area (Å²) in [4.78, 5) is 23.2. The fourth-order valence-electron chi connectivity index (χ4n) is 2.74. The largest absolute Gasteiger partial charge is 0.480 e. The Labute approximate surface area is 153 Å². The maximum atomic E-state index is 12.5. The first kappa shape index (κ1) is 19.3. The number of hydrogen-bond acceptors (Lipinski definition) is 3. The standard InChI is InChI=1S/C20H25NO3S/c1-2-3-11-25-14-17(20(24)21-13-19(22)23)12-16-9-6-8-15-7-4-5-10-18(15)16/h4-10,17H,2-3,11-14H2,1H3,(H,21,24)(H,22,23). The molecule has 1 atom stereocenters. The molecule has 134 valence electrons. The molecular weight excluding hydrogens is 334 g/mol. The maximum absolute atomic E-state index is 12.5. The van der Waals surface area contributed by atoms with Gasteiger partial charge in [-0.05, 0) is 34.9 Å². The number of thioether (sulfide) groups is 1. The Morgan fingerprint density at radius 1 is 1.16 bits per heavy atom. The smallest absolute Gasteiger partial charge is 0.322 e. The van der Waals surface area contributed by atoms with Gasteiger partial charge in [0.15, 0.2) is 0 Å². The number of fused-ring (bicyclic) bond motifs is 1. The van der Waals surface area contributed by atoms with Crippen LogP contribution in [-0.4, -0.2) is 35.0 Å². The van der Waals surface area contributed by atoms with Gasteiger partial charge in [-0.25, -0.2) is 0 Å². The predicted molar refractivity (Wildman–Crippen MR) is 104 cm³/mol. The SMILES string of the molecule is CCCCSCC(Cc1cccc2ccccc12)C(=O)NCC(=O)O. The van der Waals surface area contributed by atoms with Crippen LogP contribution in [0.2, 0.25) is 0 Å². The zero-order chi connectivity index (χ0) is 18.1. The molecule has 0 aliphatic carbocycles. The number of amides is 1. The molecule has 2 aromatic carbocycles. The van der Waals surface area contributed by atoms with Crippen LogP contribution in [0.3, 0.4) is 0 Å². The number of aliphatic carboxylic acids is 1. The molecule has 1 unspecified atom stereocenters.